The van der Waals surface area contributed by atoms with Crippen molar-refractivity contribution in [1.82, 2.24) is 0 Å². The highest BCUT2D eigenvalue weighted by Crippen LogP contribution is 2.45. The van der Waals surface area contributed by atoms with Gasteiger partial charge in [0.25, 0.3) is 0 Å². The van der Waals surface area contributed by atoms with E-state index < -0.39 is 0 Å². The summed E-state index contributed by atoms with van der Waals surface area (Å²) in [5.74, 6) is 0.874. The molecule has 1 aromatic carbocycles. The van der Waals surface area contributed by atoms with Crippen molar-refractivity contribution in [3.05, 3.63) is 39.4 Å². The Morgan fingerprint density at radius 2 is 2.07 bits per heavy atom. The lowest BCUT2D eigenvalue weighted by Crippen LogP contribution is -2.02. The van der Waals surface area contributed by atoms with Crippen molar-refractivity contribution >= 4 is 21.5 Å². The lowest BCUT2D eigenvalue weighted by molar-refractivity contribution is 0.946. The summed E-state index contributed by atoms with van der Waals surface area (Å²) in [5.41, 5.74) is 6.06. The fourth-order valence-corrected chi connectivity index (χ4v) is 2.83. The van der Waals surface area contributed by atoms with Gasteiger partial charge in [-0.2, -0.15) is 0 Å². The van der Waals surface area contributed by atoms with E-state index in [1.165, 1.54) is 41.3 Å². The van der Waals surface area contributed by atoms with E-state index in [9.17, 15) is 0 Å². The van der Waals surface area contributed by atoms with Crippen molar-refractivity contribution in [3.8, 4) is 0 Å². The molecule has 0 bridgehead atoms. The third-order valence-corrected chi connectivity index (χ3v) is 4.34. The van der Waals surface area contributed by atoms with Crippen LogP contribution in [0.1, 0.15) is 36.0 Å². The molecule has 1 aromatic rings. The summed E-state index contributed by atoms with van der Waals surface area (Å²) in [6.07, 6.45) is 7.72. The number of rotatable bonds is 1. The molecular formula is C14H15Br. The molecule has 0 radical (unpaired) electrons. The number of fused-ring (bicyclic) bond motifs is 1. The largest absolute Gasteiger partial charge is 0.0801 e. The van der Waals surface area contributed by atoms with Crippen LogP contribution in [-0.4, -0.2) is 0 Å². The molecule has 0 aromatic heterocycles. The quantitative estimate of drug-likeness (QED) is 0.700. The standard InChI is InChI=1S/C14H15Br/c1-9-7-11-3-2-4-12(10-5-6-10)13(11)8-14(9)15/h4,7-8,10H,2-3,5-6H2,1H3. The van der Waals surface area contributed by atoms with Gasteiger partial charge in [0.15, 0.2) is 0 Å². The summed E-state index contributed by atoms with van der Waals surface area (Å²) in [5, 5.41) is 0. The van der Waals surface area contributed by atoms with Gasteiger partial charge in [-0.25, -0.2) is 0 Å². The van der Waals surface area contributed by atoms with E-state index >= 15 is 0 Å². The molecule has 1 saturated carbocycles. The first kappa shape index (κ1) is 9.65. The average molecular weight is 263 g/mol. The van der Waals surface area contributed by atoms with Crippen LogP contribution in [0, 0.1) is 12.8 Å². The molecule has 0 saturated heterocycles. The molecular weight excluding hydrogens is 248 g/mol. The van der Waals surface area contributed by atoms with Crippen LogP contribution in [0.3, 0.4) is 0 Å². The molecule has 1 fully saturated rings. The van der Waals surface area contributed by atoms with Crippen LogP contribution in [0.4, 0.5) is 0 Å². The number of aryl methyl sites for hydroxylation is 2. The van der Waals surface area contributed by atoms with Gasteiger partial charge in [-0.1, -0.05) is 28.1 Å². The summed E-state index contributed by atoms with van der Waals surface area (Å²) >= 11 is 3.64. The summed E-state index contributed by atoms with van der Waals surface area (Å²) in [4.78, 5) is 0. The Labute approximate surface area is 99.5 Å². The highest BCUT2D eigenvalue weighted by Gasteiger charge is 2.29. The number of halogens is 1. The predicted octanol–water partition coefficient (Wildman–Crippen LogP) is 4.50. The van der Waals surface area contributed by atoms with Crippen molar-refractivity contribution in [3.63, 3.8) is 0 Å². The minimum atomic E-state index is 0.874. The van der Waals surface area contributed by atoms with Gasteiger partial charge < -0.3 is 0 Å². The minimum Gasteiger partial charge on any atom is -0.0801 e. The van der Waals surface area contributed by atoms with Gasteiger partial charge in [0.05, 0.1) is 0 Å². The van der Waals surface area contributed by atoms with Crippen molar-refractivity contribution in [1.29, 1.82) is 0 Å². The lowest BCUT2D eigenvalue weighted by atomic mass is 9.87. The van der Waals surface area contributed by atoms with Crippen LogP contribution in [-0.2, 0) is 6.42 Å². The predicted molar refractivity (Wildman–Crippen MR) is 67.9 cm³/mol. The first-order chi connectivity index (χ1) is 7.25. The molecule has 0 aliphatic heterocycles. The average Bonchev–Trinajstić information content (AvgIpc) is 3.02. The number of hydrogen-bond donors (Lipinski definition) is 0. The van der Waals surface area contributed by atoms with Gasteiger partial charge in [0, 0.05) is 4.47 Å². The zero-order valence-electron chi connectivity index (χ0n) is 9.02. The molecule has 15 heavy (non-hydrogen) atoms. The second-order valence-electron chi connectivity index (χ2n) is 4.73. The molecule has 2 aliphatic rings. The van der Waals surface area contributed by atoms with E-state index in [0.717, 1.165) is 5.92 Å². The van der Waals surface area contributed by atoms with Crippen LogP contribution in [0.25, 0.3) is 5.57 Å². The molecule has 0 unspecified atom stereocenters. The molecule has 0 N–H and O–H groups in total. The van der Waals surface area contributed by atoms with Gasteiger partial charge in [-0.15, -0.1) is 0 Å². The van der Waals surface area contributed by atoms with Gasteiger partial charge in [0.2, 0.25) is 0 Å². The number of hydrogen-bond acceptors (Lipinski definition) is 0. The topological polar surface area (TPSA) is 0 Å². The Kier molecular flexibility index (Phi) is 2.24. The normalized spacial score (nSPS) is 19.7. The zero-order chi connectivity index (χ0) is 10.4. The van der Waals surface area contributed by atoms with Crippen LogP contribution < -0.4 is 0 Å². The highest BCUT2D eigenvalue weighted by atomic mass is 79.9. The Morgan fingerprint density at radius 3 is 2.80 bits per heavy atom. The van der Waals surface area contributed by atoms with E-state index in [-0.39, 0.29) is 0 Å². The van der Waals surface area contributed by atoms with E-state index in [0.29, 0.717) is 0 Å². The van der Waals surface area contributed by atoms with Gasteiger partial charge in [-0.05, 0) is 66.9 Å². The molecule has 0 atom stereocenters. The highest BCUT2D eigenvalue weighted by molar-refractivity contribution is 9.10. The molecule has 0 heterocycles. The zero-order valence-corrected chi connectivity index (χ0v) is 10.6. The van der Waals surface area contributed by atoms with Crippen molar-refractivity contribution < 1.29 is 0 Å². The summed E-state index contributed by atoms with van der Waals surface area (Å²) < 4.78 is 1.26. The maximum atomic E-state index is 3.64. The fraction of sp³-hybridized carbons (Fsp3) is 0.429. The Hall–Kier alpha value is -0.560. The van der Waals surface area contributed by atoms with Crippen molar-refractivity contribution in [2.24, 2.45) is 5.92 Å². The third-order valence-electron chi connectivity index (χ3n) is 3.49. The van der Waals surface area contributed by atoms with Crippen molar-refractivity contribution in [2.75, 3.05) is 0 Å². The van der Waals surface area contributed by atoms with Gasteiger partial charge in [0.1, 0.15) is 0 Å². The fourth-order valence-electron chi connectivity index (χ4n) is 2.49. The van der Waals surface area contributed by atoms with E-state index in [2.05, 4.69) is 41.1 Å². The van der Waals surface area contributed by atoms with Crippen LogP contribution >= 0.6 is 15.9 Å². The monoisotopic (exact) mass is 262 g/mol. The number of benzene rings is 1. The van der Waals surface area contributed by atoms with E-state index in [1.807, 2.05) is 0 Å². The molecule has 0 amide bonds. The maximum absolute atomic E-state index is 3.64. The van der Waals surface area contributed by atoms with E-state index in [4.69, 9.17) is 0 Å². The molecule has 0 nitrogen and oxygen atoms in total. The second-order valence-corrected chi connectivity index (χ2v) is 5.59. The first-order valence-electron chi connectivity index (χ1n) is 5.75. The smallest absolute Gasteiger partial charge is 0.0210 e. The molecule has 0 spiro atoms. The SMILES string of the molecule is Cc1cc2c(cc1Br)C(C1CC1)=CCC2. The lowest BCUT2D eigenvalue weighted by Gasteiger charge is -2.19. The van der Waals surface area contributed by atoms with E-state index in [1.54, 1.807) is 11.1 Å². The summed E-state index contributed by atoms with van der Waals surface area (Å²) in [6, 6.07) is 4.68. The van der Waals surface area contributed by atoms with Crippen molar-refractivity contribution in [2.45, 2.75) is 32.6 Å². The van der Waals surface area contributed by atoms with Crippen LogP contribution in [0.2, 0.25) is 0 Å². The number of allylic oxidation sites excluding steroid dienone is 2. The minimum absolute atomic E-state index is 0.874. The Morgan fingerprint density at radius 1 is 1.27 bits per heavy atom. The van der Waals surface area contributed by atoms with Crippen LogP contribution in [0.15, 0.2) is 22.7 Å². The summed E-state index contributed by atoms with van der Waals surface area (Å²) in [7, 11) is 0. The summed E-state index contributed by atoms with van der Waals surface area (Å²) in [6.45, 7) is 2.18. The van der Waals surface area contributed by atoms with Crippen LogP contribution in [0.5, 0.6) is 0 Å². The third kappa shape index (κ3) is 1.67. The molecule has 3 rings (SSSR count). The van der Waals surface area contributed by atoms with Gasteiger partial charge in [-0.3, -0.25) is 0 Å². The first-order valence-corrected chi connectivity index (χ1v) is 6.54. The maximum Gasteiger partial charge on any atom is 0.0210 e. The molecule has 78 valence electrons. The molecule has 1 heteroatoms. The van der Waals surface area contributed by atoms with Gasteiger partial charge >= 0.3 is 0 Å². The second kappa shape index (κ2) is 3.48. The molecule has 2 aliphatic carbocycles. The Bertz CT molecular complexity index is 439. The Balaban J connectivity index is 2.12.